The highest BCUT2D eigenvalue weighted by Crippen LogP contribution is 2.38. The molecule has 0 unspecified atom stereocenters. The van der Waals surface area contributed by atoms with Gasteiger partial charge in [-0.2, -0.15) is 0 Å². The molecule has 1 aliphatic rings. The summed E-state index contributed by atoms with van der Waals surface area (Å²) < 4.78 is 20.7. The number of ether oxygens (including phenoxy) is 4. The molecular weight excluding hydrogens is 370 g/mol. The average molecular weight is 395 g/mol. The van der Waals surface area contributed by atoms with Gasteiger partial charge in [-0.25, -0.2) is 0 Å². The highest BCUT2D eigenvalue weighted by Gasteiger charge is 2.19. The summed E-state index contributed by atoms with van der Waals surface area (Å²) in [5, 5.41) is 0. The number of benzene rings is 1. The lowest BCUT2D eigenvalue weighted by atomic mass is 10.1. The van der Waals surface area contributed by atoms with Crippen LogP contribution in [0.4, 0.5) is 0 Å². The number of methoxy groups -OCH3 is 3. The molecule has 2 N–H and O–H groups in total. The highest BCUT2D eigenvalue weighted by atomic mass is 16.5. The van der Waals surface area contributed by atoms with Crippen LogP contribution in [0.15, 0.2) is 12.1 Å². The molecule has 1 heterocycles. The minimum atomic E-state index is -0.588. The highest BCUT2D eigenvalue weighted by molar-refractivity contribution is 5.96. The number of nitrogens with one attached hydrogen (secondary N) is 2. The maximum atomic E-state index is 12.3. The van der Waals surface area contributed by atoms with E-state index in [9.17, 15) is 14.4 Å². The second-order valence-electron chi connectivity index (χ2n) is 6.00. The molecule has 0 radical (unpaired) electrons. The van der Waals surface area contributed by atoms with Crippen molar-refractivity contribution >= 4 is 17.7 Å². The molecule has 1 fully saturated rings. The standard InChI is InChI=1S/C18H25N3O7/c1-25-13-8-12(9-14(26-2)17(13)27-3)18(24)20-19-15(22)10-28-11-16(23)21-6-4-5-7-21/h8-9H,4-7,10-11H2,1-3H3,(H,19,22)(H,20,24). The van der Waals surface area contributed by atoms with E-state index in [2.05, 4.69) is 10.9 Å². The van der Waals surface area contributed by atoms with Crippen molar-refractivity contribution in [3.63, 3.8) is 0 Å². The van der Waals surface area contributed by atoms with Crippen molar-refractivity contribution in [3.8, 4) is 17.2 Å². The van der Waals surface area contributed by atoms with Crippen molar-refractivity contribution in [2.24, 2.45) is 0 Å². The van der Waals surface area contributed by atoms with Crippen LogP contribution >= 0.6 is 0 Å². The second-order valence-corrected chi connectivity index (χ2v) is 6.00. The van der Waals surface area contributed by atoms with E-state index in [1.807, 2.05) is 0 Å². The predicted octanol–water partition coefficient (Wildman–Crippen LogP) is 0.112. The largest absolute Gasteiger partial charge is 0.493 e. The van der Waals surface area contributed by atoms with E-state index in [0.29, 0.717) is 17.2 Å². The van der Waals surface area contributed by atoms with E-state index >= 15 is 0 Å². The molecule has 1 aliphatic heterocycles. The van der Waals surface area contributed by atoms with Crippen molar-refractivity contribution in [1.82, 2.24) is 15.8 Å². The van der Waals surface area contributed by atoms with Gasteiger partial charge in [0.25, 0.3) is 11.8 Å². The van der Waals surface area contributed by atoms with Crippen LogP contribution in [0.2, 0.25) is 0 Å². The van der Waals surface area contributed by atoms with Crippen molar-refractivity contribution in [3.05, 3.63) is 17.7 Å². The van der Waals surface area contributed by atoms with E-state index in [-0.39, 0.29) is 24.7 Å². The van der Waals surface area contributed by atoms with Crippen molar-refractivity contribution in [1.29, 1.82) is 0 Å². The molecule has 0 bridgehead atoms. The zero-order valence-electron chi connectivity index (χ0n) is 16.2. The lowest BCUT2D eigenvalue weighted by Gasteiger charge is -2.15. The van der Waals surface area contributed by atoms with Gasteiger partial charge in [0.2, 0.25) is 11.7 Å². The van der Waals surface area contributed by atoms with Crippen LogP contribution in [0, 0.1) is 0 Å². The van der Waals surface area contributed by atoms with Gasteiger partial charge in [-0.3, -0.25) is 25.2 Å². The molecule has 1 aromatic carbocycles. The minimum absolute atomic E-state index is 0.147. The van der Waals surface area contributed by atoms with Crippen LogP contribution < -0.4 is 25.1 Å². The first kappa shape index (κ1) is 21.3. The van der Waals surface area contributed by atoms with E-state index in [0.717, 1.165) is 25.9 Å². The average Bonchev–Trinajstić information content (AvgIpc) is 3.25. The van der Waals surface area contributed by atoms with Gasteiger partial charge in [0.05, 0.1) is 21.3 Å². The predicted molar refractivity (Wildman–Crippen MR) is 98.3 cm³/mol. The zero-order chi connectivity index (χ0) is 20.5. The number of rotatable bonds is 8. The summed E-state index contributed by atoms with van der Waals surface area (Å²) in [7, 11) is 4.32. The number of carbonyl (C=O) groups excluding carboxylic acids is 3. The third kappa shape index (κ3) is 5.49. The third-order valence-electron chi connectivity index (χ3n) is 4.16. The topological polar surface area (TPSA) is 115 Å². The number of nitrogens with zero attached hydrogens (tertiary/aromatic N) is 1. The van der Waals surface area contributed by atoms with Gasteiger partial charge in [0.1, 0.15) is 13.2 Å². The molecule has 28 heavy (non-hydrogen) atoms. The molecule has 10 heteroatoms. The number of likely N-dealkylation sites (tertiary alicyclic amines) is 1. The number of hydrogen-bond acceptors (Lipinski definition) is 7. The van der Waals surface area contributed by atoms with Crippen LogP contribution in [0.1, 0.15) is 23.2 Å². The third-order valence-corrected chi connectivity index (χ3v) is 4.16. The molecule has 0 saturated carbocycles. The first-order chi connectivity index (χ1) is 13.5. The fourth-order valence-corrected chi connectivity index (χ4v) is 2.74. The Morgan fingerprint density at radius 1 is 0.929 bits per heavy atom. The van der Waals surface area contributed by atoms with Gasteiger partial charge in [0.15, 0.2) is 11.5 Å². The number of hydrogen-bond donors (Lipinski definition) is 2. The monoisotopic (exact) mass is 395 g/mol. The Labute approximate surface area is 163 Å². The number of carbonyl (C=O) groups is 3. The van der Waals surface area contributed by atoms with Crippen LogP contribution in [0.5, 0.6) is 17.2 Å². The first-order valence-corrected chi connectivity index (χ1v) is 8.74. The summed E-state index contributed by atoms with van der Waals surface area (Å²) >= 11 is 0. The SMILES string of the molecule is COc1cc(C(=O)NNC(=O)COCC(=O)N2CCCC2)cc(OC)c1OC. The Kier molecular flexibility index (Phi) is 7.88. The summed E-state index contributed by atoms with van der Waals surface area (Å²) in [6, 6.07) is 2.90. The summed E-state index contributed by atoms with van der Waals surface area (Å²) in [5.41, 5.74) is 4.69. The fourth-order valence-electron chi connectivity index (χ4n) is 2.74. The van der Waals surface area contributed by atoms with Crippen LogP contribution in [-0.4, -0.2) is 70.3 Å². The summed E-state index contributed by atoms with van der Waals surface area (Å²) in [5.74, 6) is -0.353. The smallest absolute Gasteiger partial charge is 0.269 e. The number of hydrazine groups is 1. The first-order valence-electron chi connectivity index (χ1n) is 8.74. The molecule has 2 rings (SSSR count). The van der Waals surface area contributed by atoms with Crippen LogP contribution in [-0.2, 0) is 14.3 Å². The lowest BCUT2D eigenvalue weighted by Crippen LogP contribution is -2.43. The Balaban J connectivity index is 1.82. The Hall–Kier alpha value is -3.01. The van der Waals surface area contributed by atoms with Gasteiger partial charge in [-0.15, -0.1) is 0 Å². The molecule has 0 atom stereocenters. The van der Waals surface area contributed by atoms with Gasteiger partial charge in [-0.1, -0.05) is 0 Å². The fraction of sp³-hybridized carbons (Fsp3) is 0.500. The number of amides is 3. The van der Waals surface area contributed by atoms with Crippen molar-refractivity contribution < 1.29 is 33.3 Å². The van der Waals surface area contributed by atoms with Gasteiger partial charge in [-0.05, 0) is 25.0 Å². The molecule has 1 saturated heterocycles. The molecule has 0 spiro atoms. The van der Waals surface area contributed by atoms with Crippen LogP contribution in [0.25, 0.3) is 0 Å². The normalized spacial score (nSPS) is 13.0. The second kappa shape index (κ2) is 10.4. The minimum Gasteiger partial charge on any atom is -0.493 e. The molecule has 10 nitrogen and oxygen atoms in total. The lowest BCUT2D eigenvalue weighted by molar-refractivity contribution is -0.137. The van der Waals surface area contributed by atoms with Gasteiger partial charge in [0, 0.05) is 18.7 Å². The van der Waals surface area contributed by atoms with Gasteiger partial charge >= 0.3 is 0 Å². The summed E-state index contributed by atoms with van der Waals surface area (Å²) in [6.07, 6.45) is 1.97. The van der Waals surface area contributed by atoms with Crippen LogP contribution in [0.3, 0.4) is 0 Å². The van der Waals surface area contributed by atoms with E-state index in [4.69, 9.17) is 18.9 Å². The Bertz CT molecular complexity index is 692. The molecule has 0 aromatic heterocycles. The molecule has 0 aliphatic carbocycles. The maximum absolute atomic E-state index is 12.3. The summed E-state index contributed by atoms with van der Waals surface area (Å²) in [4.78, 5) is 37.6. The molecular formula is C18H25N3O7. The molecule has 3 amide bonds. The zero-order valence-corrected chi connectivity index (χ0v) is 16.2. The molecule has 154 valence electrons. The van der Waals surface area contributed by atoms with Gasteiger partial charge < -0.3 is 23.8 Å². The summed E-state index contributed by atoms with van der Waals surface area (Å²) in [6.45, 7) is 0.918. The molecule has 1 aromatic rings. The quantitative estimate of drug-likeness (QED) is 0.601. The maximum Gasteiger partial charge on any atom is 0.269 e. The van der Waals surface area contributed by atoms with Crippen molar-refractivity contribution in [2.75, 3.05) is 47.6 Å². The van der Waals surface area contributed by atoms with Crippen molar-refractivity contribution in [2.45, 2.75) is 12.8 Å². The van der Waals surface area contributed by atoms with E-state index < -0.39 is 11.8 Å². The Morgan fingerprint density at radius 2 is 1.54 bits per heavy atom. The Morgan fingerprint density at radius 3 is 2.07 bits per heavy atom. The van der Waals surface area contributed by atoms with E-state index in [1.165, 1.54) is 33.5 Å². The van der Waals surface area contributed by atoms with E-state index in [1.54, 1.807) is 4.90 Å².